The molecule has 0 aliphatic heterocycles. The van der Waals surface area contributed by atoms with Crippen LogP contribution in [-0.4, -0.2) is 25.5 Å². The second kappa shape index (κ2) is 7.61. The summed E-state index contributed by atoms with van der Waals surface area (Å²) in [6, 6.07) is 13.2. The summed E-state index contributed by atoms with van der Waals surface area (Å²) >= 11 is 0. The van der Waals surface area contributed by atoms with Gasteiger partial charge in [0, 0.05) is 7.05 Å². The number of nitrogens with zero attached hydrogens (tertiary/aromatic N) is 1. The van der Waals surface area contributed by atoms with Crippen LogP contribution in [0.15, 0.2) is 48.5 Å². The Morgan fingerprint density at radius 1 is 1.13 bits per heavy atom. The van der Waals surface area contributed by atoms with Crippen LogP contribution in [0.1, 0.15) is 10.4 Å². The SMILES string of the molecule is [C-]#[N+]c1ccc(OCC(=O)Nc2ccccc2C(=O)NC)cc1. The van der Waals surface area contributed by atoms with Crippen LogP contribution < -0.4 is 15.4 Å². The van der Waals surface area contributed by atoms with Gasteiger partial charge in [0.05, 0.1) is 17.8 Å². The lowest BCUT2D eigenvalue weighted by Crippen LogP contribution is -2.24. The number of amides is 2. The summed E-state index contributed by atoms with van der Waals surface area (Å²) in [4.78, 5) is 27.0. The highest BCUT2D eigenvalue weighted by molar-refractivity contribution is 6.03. The van der Waals surface area contributed by atoms with Gasteiger partial charge in [0.15, 0.2) is 12.3 Å². The minimum Gasteiger partial charge on any atom is -0.484 e. The molecule has 6 nitrogen and oxygen atoms in total. The maximum atomic E-state index is 12.0. The minimum absolute atomic E-state index is 0.195. The van der Waals surface area contributed by atoms with Crippen molar-refractivity contribution in [1.82, 2.24) is 5.32 Å². The number of para-hydroxylation sites is 1. The first-order chi connectivity index (χ1) is 11.1. The number of rotatable bonds is 5. The maximum Gasteiger partial charge on any atom is 0.262 e. The first-order valence-electron chi connectivity index (χ1n) is 6.85. The Hall–Kier alpha value is -3.33. The molecule has 2 N–H and O–H groups in total. The van der Waals surface area contributed by atoms with Gasteiger partial charge in [-0.05, 0) is 24.3 Å². The van der Waals surface area contributed by atoms with Crippen LogP contribution in [0.25, 0.3) is 4.85 Å². The van der Waals surface area contributed by atoms with Gasteiger partial charge in [-0.15, -0.1) is 0 Å². The number of hydrogen-bond acceptors (Lipinski definition) is 3. The molecule has 0 saturated carbocycles. The van der Waals surface area contributed by atoms with Gasteiger partial charge in [-0.25, -0.2) is 4.85 Å². The molecule has 0 heterocycles. The summed E-state index contributed by atoms with van der Waals surface area (Å²) in [5.74, 6) is -0.167. The van der Waals surface area contributed by atoms with Crippen molar-refractivity contribution in [3.63, 3.8) is 0 Å². The summed E-state index contributed by atoms with van der Waals surface area (Å²) in [7, 11) is 1.52. The Bertz CT molecular complexity index is 748. The predicted octanol–water partition coefficient (Wildman–Crippen LogP) is 2.61. The van der Waals surface area contributed by atoms with Crippen LogP contribution >= 0.6 is 0 Å². The third-order valence-electron chi connectivity index (χ3n) is 3.01. The highest BCUT2D eigenvalue weighted by Gasteiger charge is 2.12. The molecular formula is C17H15N3O3. The van der Waals surface area contributed by atoms with E-state index in [-0.39, 0.29) is 18.4 Å². The van der Waals surface area contributed by atoms with E-state index in [9.17, 15) is 9.59 Å². The fraction of sp³-hybridized carbons (Fsp3) is 0.118. The number of nitrogens with one attached hydrogen (secondary N) is 2. The van der Waals surface area contributed by atoms with Gasteiger partial charge in [0.1, 0.15) is 5.75 Å². The van der Waals surface area contributed by atoms with Gasteiger partial charge in [-0.3, -0.25) is 9.59 Å². The highest BCUT2D eigenvalue weighted by Crippen LogP contribution is 2.18. The molecular weight excluding hydrogens is 294 g/mol. The van der Waals surface area contributed by atoms with Crippen molar-refractivity contribution in [3.05, 3.63) is 65.5 Å². The molecule has 116 valence electrons. The Kier molecular flexibility index (Phi) is 5.31. The molecule has 0 unspecified atom stereocenters. The van der Waals surface area contributed by atoms with Gasteiger partial charge in [0.2, 0.25) is 0 Å². The third-order valence-corrected chi connectivity index (χ3v) is 3.01. The van der Waals surface area contributed by atoms with E-state index < -0.39 is 0 Å². The van der Waals surface area contributed by atoms with Gasteiger partial charge in [-0.1, -0.05) is 24.3 Å². The fourth-order valence-electron chi connectivity index (χ4n) is 1.88. The number of carbonyl (C=O) groups excluding carboxylic acids is 2. The quantitative estimate of drug-likeness (QED) is 0.834. The van der Waals surface area contributed by atoms with Crippen LogP contribution in [0.4, 0.5) is 11.4 Å². The molecule has 0 spiro atoms. The summed E-state index contributed by atoms with van der Waals surface area (Å²) in [6.45, 7) is 6.67. The Labute approximate surface area is 133 Å². The largest absolute Gasteiger partial charge is 0.484 e. The molecule has 0 aliphatic rings. The van der Waals surface area contributed by atoms with Crippen molar-refractivity contribution in [2.24, 2.45) is 0 Å². The molecule has 23 heavy (non-hydrogen) atoms. The molecule has 2 amide bonds. The van der Waals surface area contributed by atoms with Crippen LogP contribution in [-0.2, 0) is 4.79 Å². The summed E-state index contributed by atoms with van der Waals surface area (Å²) < 4.78 is 5.35. The standard InChI is InChI=1S/C17H15N3O3/c1-18-12-7-9-13(10-8-12)23-11-16(21)20-15-6-4-3-5-14(15)17(22)19-2/h3-10H,11H2,2H3,(H,19,22)(H,20,21). The van der Waals surface area contributed by atoms with Gasteiger partial charge < -0.3 is 15.4 Å². The van der Waals surface area contributed by atoms with Crippen molar-refractivity contribution in [3.8, 4) is 5.75 Å². The fourth-order valence-corrected chi connectivity index (χ4v) is 1.88. The van der Waals surface area contributed by atoms with E-state index in [1.807, 2.05) is 0 Å². The second-order valence-corrected chi connectivity index (χ2v) is 4.57. The van der Waals surface area contributed by atoms with Crippen LogP contribution in [0.2, 0.25) is 0 Å². The van der Waals surface area contributed by atoms with E-state index in [1.54, 1.807) is 48.5 Å². The Balaban J connectivity index is 1.97. The monoisotopic (exact) mass is 309 g/mol. The zero-order valence-corrected chi connectivity index (χ0v) is 12.5. The van der Waals surface area contributed by atoms with Gasteiger partial charge >= 0.3 is 0 Å². The molecule has 0 saturated heterocycles. The number of carbonyl (C=O) groups is 2. The average Bonchev–Trinajstić information content (AvgIpc) is 2.60. The number of ether oxygens (including phenoxy) is 1. The van der Waals surface area contributed by atoms with Crippen molar-refractivity contribution in [1.29, 1.82) is 0 Å². The van der Waals surface area contributed by atoms with E-state index in [4.69, 9.17) is 11.3 Å². The first-order valence-corrected chi connectivity index (χ1v) is 6.85. The lowest BCUT2D eigenvalue weighted by atomic mass is 10.1. The zero-order valence-electron chi connectivity index (χ0n) is 12.5. The molecule has 0 radical (unpaired) electrons. The van der Waals surface area contributed by atoms with Crippen molar-refractivity contribution < 1.29 is 14.3 Å². The molecule has 0 aromatic heterocycles. The topological polar surface area (TPSA) is 71.8 Å². The lowest BCUT2D eigenvalue weighted by Gasteiger charge is -2.11. The summed E-state index contributed by atoms with van der Waals surface area (Å²) in [6.07, 6.45) is 0. The predicted molar refractivity (Wildman–Crippen MR) is 86.7 cm³/mol. The second-order valence-electron chi connectivity index (χ2n) is 4.57. The first kappa shape index (κ1) is 16.0. The summed E-state index contributed by atoms with van der Waals surface area (Å²) in [5, 5.41) is 5.16. The average molecular weight is 309 g/mol. The smallest absolute Gasteiger partial charge is 0.262 e. The van der Waals surface area contributed by atoms with E-state index in [0.29, 0.717) is 22.7 Å². The molecule has 6 heteroatoms. The van der Waals surface area contributed by atoms with E-state index >= 15 is 0 Å². The number of anilines is 1. The molecule has 2 rings (SSSR count). The molecule has 0 atom stereocenters. The van der Waals surface area contributed by atoms with Crippen LogP contribution in [0.3, 0.4) is 0 Å². The highest BCUT2D eigenvalue weighted by atomic mass is 16.5. The molecule has 2 aromatic carbocycles. The third kappa shape index (κ3) is 4.32. The molecule has 0 fully saturated rings. The minimum atomic E-state index is -0.379. The Morgan fingerprint density at radius 3 is 2.48 bits per heavy atom. The lowest BCUT2D eigenvalue weighted by molar-refractivity contribution is -0.118. The normalized spacial score (nSPS) is 9.57. The van der Waals surface area contributed by atoms with Crippen molar-refractivity contribution in [2.75, 3.05) is 19.0 Å². The van der Waals surface area contributed by atoms with Crippen molar-refractivity contribution in [2.45, 2.75) is 0 Å². The van der Waals surface area contributed by atoms with E-state index in [0.717, 1.165) is 0 Å². The molecule has 2 aromatic rings. The maximum absolute atomic E-state index is 12.0. The molecule has 0 bridgehead atoms. The van der Waals surface area contributed by atoms with Crippen LogP contribution in [0.5, 0.6) is 5.75 Å². The van der Waals surface area contributed by atoms with Gasteiger partial charge in [-0.2, -0.15) is 0 Å². The van der Waals surface area contributed by atoms with Crippen LogP contribution in [0, 0.1) is 6.57 Å². The summed E-state index contributed by atoms with van der Waals surface area (Å²) in [5.41, 5.74) is 1.30. The molecule has 0 aliphatic carbocycles. The van der Waals surface area contributed by atoms with E-state index in [2.05, 4.69) is 15.5 Å². The van der Waals surface area contributed by atoms with Gasteiger partial charge in [0.25, 0.3) is 11.8 Å². The number of benzene rings is 2. The van der Waals surface area contributed by atoms with E-state index in [1.165, 1.54) is 7.05 Å². The van der Waals surface area contributed by atoms with Crippen molar-refractivity contribution >= 4 is 23.2 Å². The zero-order chi connectivity index (χ0) is 16.7. The number of hydrogen-bond donors (Lipinski definition) is 2. The Morgan fingerprint density at radius 2 is 1.83 bits per heavy atom.